The molecule has 1 nitrogen and oxygen atoms in total. The zero-order valence-electron chi connectivity index (χ0n) is 17.4. The minimum atomic E-state index is 0.650. The summed E-state index contributed by atoms with van der Waals surface area (Å²) in [4.78, 5) is 0. The molecule has 3 rings (SSSR count). The molecule has 1 heteroatoms. The Morgan fingerprint density at radius 2 is 1.15 bits per heavy atom. The van der Waals surface area contributed by atoms with E-state index >= 15 is 0 Å². The summed E-state index contributed by atoms with van der Waals surface area (Å²) in [5, 5.41) is 0. The topological polar surface area (TPSA) is 0 Å². The van der Waals surface area contributed by atoms with Crippen LogP contribution in [-0.2, 0) is 0 Å². The van der Waals surface area contributed by atoms with E-state index in [9.17, 15) is 0 Å². The Labute approximate surface area is 167 Å². The number of hydrogen-bond donors (Lipinski definition) is 0. The maximum atomic E-state index is 2.42. The quantitative estimate of drug-likeness (QED) is 0.303. The third kappa shape index (κ3) is 4.63. The van der Waals surface area contributed by atoms with Gasteiger partial charge in [-0.3, -0.25) is 0 Å². The zero-order valence-corrected chi connectivity index (χ0v) is 17.4. The van der Waals surface area contributed by atoms with E-state index < -0.39 is 0 Å². The molecule has 0 amide bonds. The molecular weight excluding hydrogens is 326 g/mol. The molecule has 0 aliphatic carbocycles. The molecule has 2 aromatic rings. The van der Waals surface area contributed by atoms with Crippen LogP contribution in [-0.4, -0.2) is 17.6 Å². The molecule has 0 N–H and O–H groups in total. The minimum absolute atomic E-state index is 0.650. The van der Waals surface area contributed by atoms with Crippen LogP contribution in [0.25, 0.3) is 0 Å². The number of unbranched alkanes of at least 4 members (excludes halogenated alkanes) is 5. The van der Waals surface area contributed by atoms with Crippen LogP contribution in [0.3, 0.4) is 0 Å². The second-order valence-corrected chi connectivity index (χ2v) is 8.34. The predicted octanol–water partition coefficient (Wildman–Crippen LogP) is 7.46. The maximum absolute atomic E-state index is 2.42. The van der Waals surface area contributed by atoms with Gasteiger partial charge < -0.3 is 4.48 Å². The van der Waals surface area contributed by atoms with Gasteiger partial charge in [0.2, 0.25) is 0 Å². The summed E-state index contributed by atoms with van der Waals surface area (Å²) in [7, 11) is 0. The smallest absolute Gasteiger partial charge is 0.115 e. The predicted molar refractivity (Wildman–Crippen MR) is 117 cm³/mol. The fourth-order valence-electron chi connectivity index (χ4n) is 5.42. The van der Waals surface area contributed by atoms with Gasteiger partial charge in [0.15, 0.2) is 0 Å². The van der Waals surface area contributed by atoms with E-state index in [1.165, 1.54) is 68.9 Å². The van der Waals surface area contributed by atoms with Crippen molar-refractivity contribution in [3.05, 3.63) is 71.8 Å². The molecule has 1 heterocycles. The molecule has 0 aromatic heterocycles. The molecule has 27 heavy (non-hydrogen) atoms. The van der Waals surface area contributed by atoms with Crippen molar-refractivity contribution in [2.24, 2.45) is 0 Å². The first kappa shape index (κ1) is 20.1. The van der Waals surface area contributed by atoms with Crippen molar-refractivity contribution in [3.63, 3.8) is 0 Å². The number of likely N-dealkylation sites (tertiary alicyclic amines) is 1. The van der Waals surface area contributed by atoms with E-state index in [0.29, 0.717) is 12.1 Å². The van der Waals surface area contributed by atoms with Gasteiger partial charge in [0.05, 0.1) is 13.1 Å². The van der Waals surface area contributed by atoms with Gasteiger partial charge >= 0.3 is 0 Å². The van der Waals surface area contributed by atoms with Gasteiger partial charge in [-0.2, -0.15) is 0 Å². The van der Waals surface area contributed by atoms with Gasteiger partial charge in [-0.15, -0.1) is 0 Å². The lowest BCUT2D eigenvalue weighted by atomic mass is 10.00. The molecule has 2 aromatic carbocycles. The van der Waals surface area contributed by atoms with Crippen molar-refractivity contribution < 1.29 is 4.48 Å². The van der Waals surface area contributed by atoms with Crippen molar-refractivity contribution in [2.75, 3.05) is 13.1 Å². The number of nitrogens with zero attached hydrogens (tertiary/aromatic N) is 1. The summed E-state index contributed by atoms with van der Waals surface area (Å²) >= 11 is 0. The highest BCUT2D eigenvalue weighted by atomic mass is 15.4. The third-order valence-corrected chi connectivity index (χ3v) is 6.84. The maximum Gasteiger partial charge on any atom is 0.115 e. The van der Waals surface area contributed by atoms with E-state index in [4.69, 9.17) is 0 Å². The lowest BCUT2D eigenvalue weighted by molar-refractivity contribution is -0.970. The molecule has 0 radical (unpaired) electrons. The van der Waals surface area contributed by atoms with Crippen LogP contribution in [0.4, 0.5) is 0 Å². The van der Waals surface area contributed by atoms with E-state index in [2.05, 4.69) is 74.5 Å². The second kappa shape index (κ2) is 10.1. The largest absolute Gasteiger partial charge is 0.311 e. The van der Waals surface area contributed by atoms with Crippen molar-refractivity contribution >= 4 is 0 Å². The Hall–Kier alpha value is -1.60. The summed E-state index contributed by atoms with van der Waals surface area (Å²) in [6.07, 6.45) is 10.9. The summed E-state index contributed by atoms with van der Waals surface area (Å²) < 4.78 is 1.25. The first-order valence-electron chi connectivity index (χ1n) is 11.3. The van der Waals surface area contributed by atoms with Gasteiger partial charge in [0.25, 0.3) is 0 Å². The Morgan fingerprint density at radius 3 is 1.63 bits per heavy atom. The van der Waals surface area contributed by atoms with Crippen LogP contribution in [0, 0.1) is 0 Å². The highest BCUT2D eigenvalue weighted by Gasteiger charge is 2.48. The first-order chi connectivity index (χ1) is 13.3. The first-order valence-corrected chi connectivity index (χ1v) is 11.3. The van der Waals surface area contributed by atoms with Crippen LogP contribution < -0.4 is 0 Å². The average Bonchev–Trinajstić information content (AvgIpc) is 3.11. The normalized spacial score (nSPS) is 21.4. The molecule has 1 aliphatic rings. The fourth-order valence-corrected chi connectivity index (χ4v) is 5.42. The van der Waals surface area contributed by atoms with Crippen LogP contribution >= 0.6 is 0 Å². The monoisotopic (exact) mass is 364 g/mol. The van der Waals surface area contributed by atoms with Crippen LogP contribution in [0.15, 0.2) is 60.7 Å². The van der Waals surface area contributed by atoms with Gasteiger partial charge in [-0.25, -0.2) is 0 Å². The van der Waals surface area contributed by atoms with Gasteiger partial charge in [0, 0.05) is 24.0 Å². The molecule has 146 valence electrons. The second-order valence-electron chi connectivity index (χ2n) is 8.34. The van der Waals surface area contributed by atoms with Gasteiger partial charge in [-0.05, 0) is 19.8 Å². The fraction of sp³-hybridized carbons (Fsp3) is 0.538. The summed E-state index contributed by atoms with van der Waals surface area (Å²) in [5.41, 5.74) is 3.09. The molecular formula is C26H38N+. The minimum Gasteiger partial charge on any atom is -0.311 e. The van der Waals surface area contributed by atoms with E-state index in [0.717, 1.165) is 0 Å². The SMILES string of the molecule is CCCCCCCC[N+]1(CC)[C@H](c2ccccc2)CC[C@H]1c1ccccc1. The Kier molecular flexibility index (Phi) is 7.52. The zero-order chi connectivity index (χ0) is 19.0. The number of hydrogen-bond acceptors (Lipinski definition) is 0. The molecule has 1 aliphatic heterocycles. The highest BCUT2D eigenvalue weighted by Crippen LogP contribution is 2.51. The Bertz CT molecular complexity index is 601. The average molecular weight is 365 g/mol. The molecule has 0 saturated carbocycles. The lowest BCUT2D eigenvalue weighted by Gasteiger charge is -2.45. The summed E-state index contributed by atoms with van der Waals surface area (Å²) in [6.45, 7) is 7.28. The molecule has 0 bridgehead atoms. The van der Waals surface area contributed by atoms with E-state index in [1.807, 2.05) is 0 Å². The molecule has 0 unspecified atom stereocenters. The van der Waals surface area contributed by atoms with Crippen LogP contribution in [0.5, 0.6) is 0 Å². The number of quaternary nitrogens is 1. The van der Waals surface area contributed by atoms with Gasteiger partial charge in [0.1, 0.15) is 12.1 Å². The van der Waals surface area contributed by atoms with Crippen molar-refractivity contribution in [1.82, 2.24) is 0 Å². The summed E-state index contributed by atoms with van der Waals surface area (Å²) in [5.74, 6) is 0. The van der Waals surface area contributed by atoms with Gasteiger partial charge in [-0.1, -0.05) is 93.3 Å². The molecule has 0 spiro atoms. The van der Waals surface area contributed by atoms with Crippen molar-refractivity contribution in [3.8, 4) is 0 Å². The van der Waals surface area contributed by atoms with E-state index in [-0.39, 0.29) is 0 Å². The lowest BCUT2D eigenvalue weighted by Crippen LogP contribution is -2.49. The Morgan fingerprint density at radius 1 is 0.667 bits per heavy atom. The van der Waals surface area contributed by atoms with Crippen LogP contribution in [0.1, 0.15) is 88.4 Å². The number of benzene rings is 2. The van der Waals surface area contributed by atoms with Crippen molar-refractivity contribution in [1.29, 1.82) is 0 Å². The highest BCUT2D eigenvalue weighted by molar-refractivity contribution is 5.22. The summed E-state index contributed by atoms with van der Waals surface area (Å²) in [6, 6.07) is 24.0. The molecule has 2 atom stereocenters. The third-order valence-electron chi connectivity index (χ3n) is 6.84. The standard InChI is InChI=1S/C26H38N/c1-3-5-6-7-8-15-22-27(4-2)25(23-16-11-9-12-17-23)20-21-26(27)24-18-13-10-14-19-24/h9-14,16-19,25-26H,3-8,15,20-22H2,1-2H3/q+1/t25-,26-/m0/s1. The molecule has 1 fully saturated rings. The van der Waals surface area contributed by atoms with Crippen LogP contribution in [0.2, 0.25) is 0 Å². The van der Waals surface area contributed by atoms with E-state index in [1.54, 1.807) is 11.1 Å². The Balaban J connectivity index is 1.81. The molecule has 1 saturated heterocycles. The van der Waals surface area contributed by atoms with Crippen molar-refractivity contribution in [2.45, 2.75) is 77.3 Å². The number of rotatable bonds is 10.